The number of halogens is 2. The van der Waals surface area contributed by atoms with Crippen LogP contribution in [-0.4, -0.2) is 26.5 Å². The van der Waals surface area contributed by atoms with Gasteiger partial charge < -0.3 is 21.2 Å². The largest absolute Gasteiger partial charge is 0.454 e. The summed E-state index contributed by atoms with van der Waals surface area (Å²) in [6, 6.07) is 15.8. The van der Waals surface area contributed by atoms with Crippen molar-refractivity contribution in [3.8, 4) is 17.2 Å². The van der Waals surface area contributed by atoms with Gasteiger partial charge in [0.2, 0.25) is 0 Å². The van der Waals surface area contributed by atoms with Gasteiger partial charge in [-0.3, -0.25) is 18.8 Å². The van der Waals surface area contributed by atoms with Gasteiger partial charge >= 0.3 is 0 Å². The lowest BCUT2D eigenvalue weighted by Gasteiger charge is -2.15. The lowest BCUT2D eigenvalue weighted by atomic mass is 10.0. The molecule has 0 bridgehead atoms. The Bertz CT molecular complexity index is 1940. The molecule has 5 aromatic rings. The fraction of sp³-hybridized carbons (Fsp3) is 0.125. The van der Waals surface area contributed by atoms with Gasteiger partial charge in [-0.1, -0.05) is 6.92 Å². The van der Waals surface area contributed by atoms with Crippen LogP contribution in [0.15, 0.2) is 83.9 Å². The summed E-state index contributed by atoms with van der Waals surface area (Å²) in [7, 11) is 0. The van der Waals surface area contributed by atoms with Crippen LogP contribution in [0.1, 0.15) is 35.5 Å². The number of nitrogens with two attached hydrogens (primary N) is 1. The molecule has 0 spiro atoms. The zero-order chi connectivity index (χ0) is 30.7. The molecule has 3 aromatic carbocycles. The molecule has 0 aliphatic rings. The predicted octanol–water partition coefficient (Wildman–Crippen LogP) is 6.04. The highest BCUT2D eigenvalue weighted by molar-refractivity contribution is 6.10. The molecule has 2 heterocycles. The first-order valence-electron chi connectivity index (χ1n) is 13.5. The number of anilines is 1. The molecular formula is C32H28F2N6O3. The third-order valence-corrected chi connectivity index (χ3v) is 6.95. The van der Waals surface area contributed by atoms with Crippen LogP contribution in [0.5, 0.6) is 11.5 Å². The van der Waals surface area contributed by atoms with Gasteiger partial charge in [-0.15, -0.1) is 0 Å². The molecule has 0 saturated heterocycles. The Kier molecular flexibility index (Phi) is 8.15. The van der Waals surface area contributed by atoms with Gasteiger partial charge in [0.05, 0.1) is 11.7 Å². The van der Waals surface area contributed by atoms with Crippen molar-refractivity contribution in [2.75, 3.05) is 5.32 Å². The third kappa shape index (κ3) is 5.65. The number of nitrogens with one attached hydrogen (secondary N) is 2. The number of fused-ring (bicyclic) bond motifs is 1. The number of ether oxygens (including phenoxy) is 1. The van der Waals surface area contributed by atoms with Crippen LogP contribution >= 0.6 is 0 Å². The van der Waals surface area contributed by atoms with Gasteiger partial charge in [0.25, 0.3) is 11.5 Å². The maximum absolute atomic E-state index is 15.3. The number of nitrogens with zero attached hydrogens (tertiary/aromatic N) is 3. The van der Waals surface area contributed by atoms with Crippen molar-refractivity contribution in [1.82, 2.24) is 14.3 Å². The summed E-state index contributed by atoms with van der Waals surface area (Å²) in [6.07, 6.45) is 4.50. The standard InChI is InChI=1S/C32H28F2N6O3/c1-3-23-10-11-25(32(42)40(23)24-8-5-21(33)6-9-24)31(41)38-22-7-12-29(27(34)14-22)43-30-13-19-18-37-39(4-2)28(19)15-26(30)20(16-35)17-36/h5-18,35H,3-4,36H2,1-2H3,(H,38,41)/b20-17+,35-16?. The van der Waals surface area contributed by atoms with Gasteiger partial charge in [0, 0.05) is 58.6 Å². The average Bonchev–Trinajstić information content (AvgIpc) is 3.41. The maximum atomic E-state index is 15.3. The monoisotopic (exact) mass is 582 g/mol. The third-order valence-electron chi connectivity index (χ3n) is 6.95. The zero-order valence-corrected chi connectivity index (χ0v) is 23.4. The van der Waals surface area contributed by atoms with E-state index in [0.717, 1.165) is 23.2 Å². The molecule has 0 atom stereocenters. The molecule has 0 saturated carbocycles. The van der Waals surface area contributed by atoms with Crippen LogP contribution < -0.4 is 21.3 Å². The van der Waals surface area contributed by atoms with Crippen molar-refractivity contribution in [1.29, 1.82) is 5.41 Å². The number of carbonyl (C=O) groups excluding carboxylic acids is 1. The molecule has 0 fully saturated rings. The molecule has 0 unspecified atom stereocenters. The van der Waals surface area contributed by atoms with Crippen LogP contribution in [0.4, 0.5) is 14.5 Å². The summed E-state index contributed by atoms with van der Waals surface area (Å²) in [6.45, 7) is 4.43. The Morgan fingerprint density at radius 2 is 1.79 bits per heavy atom. The van der Waals surface area contributed by atoms with Crippen LogP contribution in [0.25, 0.3) is 22.2 Å². The zero-order valence-electron chi connectivity index (χ0n) is 23.4. The number of allylic oxidation sites excluding steroid dienone is 1. The number of carbonyl (C=O) groups is 1. The first-order valence-corrected chi connectivity index (χ1v) is 13.5. The van der Waals surface area contributed by atoms with Crippen LogP contribution in [-0.2, 0) is 13.0 Å². The maximum Gasteiger partial charge on any atom is 0.268 e. The van der Waals surface area contributed by atoms with Crippen molar-refractivity contribution in [3.05, 3.63) is 118 Å². The molecule has 0 aliphatic heterocycles. The highest BCUT2D eigenvalue weighted by Gasteiger charge is 2.19. The fourth-order valence-corrected chi connectivity index (χ4v) is 4.76. The number of rotatable bonds is 9. The Morgan fingerprint density at radius 3 is 2.44 bits per heavy atom. The molecule has 0 aliphatic carbocycles. The fourth-order valence-electron chi connectivity index (χ4n) is 4.76. The number of amides is 1. The normalized spacial score (nSPS) is 11.5. The summed E-state index contributed by atoms with van der Waals surface area (Å²) >= 11 is 0. The molecular weight excluding hydrogens is 554 g/mol. The number of pyridine rings is 1. The lowest BCUT2D eigenvalue weighted by Crippen LogP contribution is -2.30. The second-order valence-electron chi connectivity index (χ2n) is 9.54. The minimum Gasteiger partial charge on any atom is -0.454 e. The number of aryl methyl sites for hydroxylation is 2. The Balaban J connectivity index is 1.43. The smallest absolute Gasteiger partial charge is 0.268 e. The van der Waals surface area contributed by atoms with Crippen LogP contribution in [0, 0.1) is 17.0 Å². The molecule has 11 heteroatoms. The number of hydrogen-bond donors (Lipinski definition) is 3. The average molecular weight is 583 g/mol. The topological polar surface area (TPSA) is 128 Å². The van der Waals surface area contributed by atoms with E-state index in [1.807, 2.05) is 13.8 Å². The van der Waals surface area contributed by atoms with E-state index >= 15 is 4.39 Å². The number of aromatic nitrogens is 3. The minimum absolute atomic E-state index is 0.101. The first-order chi connectivity index (χ1) is 20.8. The van der Waals surface area contributed by atoms with Gasteiger partial charge in [0.15, 0.2) is 11.6 Å². The first kappa shape index (κ1) is 28.9. The van der Waals surface area contributed by atoms with E-state index in [2.05, 4.69) is 10.4 Å². The van der Waals surface area contributed by atoms with E-state index in [0.29, 0.717) is 35.5 Å². The van der Waals surface area contributed by atoms with Crippen molar-refractivity contribution in [2.24, 2.45) is 5.73 Å². The molecule has 0 radical (unpaired) electrons. The minimum atomic E-state index is -0.772. The second kappa shape index (κ2) is 12.1. The van der Waals surface area contributed by atoms with Gasteiger partial charge in [-0.25, -0.2) is 8.78 Å². The molecule has 4 N–H and O–H groups in total. The predicted molar refractivity (Wildman–Crippen MR) is 162 cm³/mol. The highest BCUT2D eigenvalue weighted by atomic mass is 19.1. The summed E-state index contributed by atoms with van der Waals surface area (Å²) in [5.41, 5.74) is 7.78. The van der Waals surface area contributed by atoms with E-state index in [4.69, 9.17) is 15.9 Å². The van der Waals surface area contributed by atoms with Crippen molar-refractivity contribution >= 4 is 34.3 Å². The Morgan fingerprint density at radius 1 is 1.02 bits per heavy atom. The van der Waals surface area contributed by atoms with Gasteiger partial charge in [-0.2, -0.15) is 5.10 Å². The Hall–Kier alpha value is -5.58. The lowest BCUT2D eigenvalue weighted by molar-refractivity contribution is 0.102. The van der Waals surface area contributed by atoms with Crippen LogP contribution in [0.3, 0.4) is 0 Å². The quantitative estimate of drug-likeness (QED) is 0.183. The van der Waals surface area contributed by atoms with E-state index in [1.54, 1.807) is 29.1 Å². The Labute approximate surface area is 245 Å². The molecule has 43 heavy (non-hydrogen) atoms. The SMILES string of the molecule is CCc1ccc(C(=O)Nc2ccc(Oc3cc4cnn(CC)c4cc3/C(C=N)=C/N)c(F)c2)c(=O)n1-c1ccc(F)cc1. The van der Waals surface area contributed by atoms with Gasteiger partial charge in [0.1, 0.15) is 17.1 Å². The summed E-state index contributed by atoms with van der Waals surface area (Å²) in [5, 5.41) is 15.4. The summed E-state index contributed by atoms with van der Waals surface area (Å²) in [5.74, 6) is -1.83. The van der Waals surface area contributed by atoms with Crippen LogP contribution in [0.2, 0.25) is 0 Å². The van der Waals surface area contributed by atoms with E-state index in [9.17, 15) is 14.0 Å². The number of hydrogen-bond acceptors (Lipinski definition) is 6. The van der Waals surface area contributed by atoms with Gasteiger partial charge in [-0.05, 0) is 74.0 Å². The molecule has 218 valence electrons. The van der Waals surface area contributed by atoms with E-state index in [-0.39, 0.29) is 22.7 Å². The molecule has 2 aromatic heterocycles. The highest BCUT2D eigenvalue weighted by Crippen LogP contribution is 2.35. The number of benzene rings is 3. The second-order valence-corrected chi connectivity index (χ2v) is 9.54. The van der Waals surface area contributed by atoms with Crippen molar-refractivity contribution in [3.63, 3.8) is 0 Å². The molecule has 5 rings (SSSR count). The molecule has 1 amide bonds. The van der Waals surface area contributed by atoms with E-state index in [1.165, 1.54) is 53.2 Å². The summed E-state index contributed by atoms with van der Waals surface area (Å²) < 4.78 is 37.8. The van der Waals surface area contributed by atoms with E-state index < -0.39 is 23.1 Å². The van der Waals surface area contributed by atoms with Crippen molar-refractivity contribution in [2.45, 2.75) is 26.8 Å². The summed E-state index contributed by atoms with van der Waals surface area (Å²) in [4.78, 5) is 26.4. The van der Waals surface area contributed by atoms with Crippen molar-refractivity contribution < 1.29 is 18.3 Å². The molecule has 9 nitrogen and oxygen atoms in total.